The van der Waals surface area contributed by atoms with Crippen LogP contribution in [0.5, 0.6) is 0 Å². The second kappa shape index (κ2) is 6.78. The Balaban J connectivity index is 1.67. The van der Waals surface area contributed by atoms with Crippen LogP contribution in [-0.2, 0) is 20.5 Å². The summed E-state index contributed by atoms with van der Waals surface area (Å²) < 4.78 is 3.68. The third-order valence-electron chi connectivity index (χ3n) is 4.91. The predicted molar refractivity (Wildman–Crippen MR) is 99.0 cm³/mol. The van der Waals surface area contributed by atoms with Crippen molar-refractivity contribution in [2.75, 3.05) is 6.54 Å². The average Bonchev–Trinajstić information content (AvgIpc) is 3.21. The lowest BCUT2D eigenvalue weighted by Gasteiger charge is -2.04. The summed E-state index contributed by atoms with van der Waals surface area (Å²) in [6.45, 7) is 8.50. The van der Waals surface area contributed by atoms with Gasteiger partial charge in [-0.3, -0.25) is 19.3 Å². The van der Waals surface area contributed by atoms with Gasteiger partial charge in [0.25, 0.3) is 5.91 Å². The Bertz CT molecular complexity index is 961. The molecular formula is C18H25N7O. The van der Waals surface area contributed by atoms with Crippen molar-refractivity contribution in [3.05, 3.63) is 40.1 Å². The standard InChI is InChI=1S/C18H25N7O/c1-10-14(12(3)24(5)22-10)7-8-19-18(26)16-9-15(20-21-16)17-11(2)23-25(6)13(17)4/h9H,7-8H2,1-6H3,(H,19,26)(H,20,21). The molecule has 138 valence electrons. The van der Waals surface area contributed by atoms with E-state index in [4.69, 9.17) is 0 Å². The molecule has 26 heavy (non-hydrogen) atoms. The number of aromatic amines is 1. The first-order chi connectivity index (χ1) is 12.3. The molecule has 2 N–H and O–H groups in total. The van der Waals surface area contributed by atoms with Gasteiger partial charge in [0.05, 0.1) is 17.1 Å². The molecule has 0 saturated carbocycles. The highest BCUT2D eigenvalue weighted by Gasteiger charge is 2.17. The highest BCUT2D eigenvalue weighted by Crippen LogP contribution is 2.25. The second-order valence-corrected chi connectivity index (χ2v) is 6.62. The number of rotatable bonds is 5. The minimum atomic E-state index is -0.165. The third-order valence-corrected chi connectivity index (χ3v) is 4.91. The smallest absolute Gasteiger partial charge is 0.269 e. The molecule has 0 unspecified atom stereocenters. The van der Waals surface area contributed by atoms with Crippen molar-refractivity contribution in [2.24, 2.45) is 14.1 Å². The highest BCUT2D eigenvalue weighted by atomic mass is 16.1. The minimum Gasteiger partial charge on any atom is -0.350 e. The molecule has 3 heterocycles. The van der Waals surface area contributed by atoms with Crippen LogP contribution in [-0.4, -0.2) is 42.2 Å². The highest BCUT2D eigenvalue weighted by molar-refractivity contribution is 5.93. The number of H-pyrrole nitrogens is 1. The molecule has 3 rings (SSSR count). The number of carbonyl (C=O) groups is 1. The van der Waals surface area contributed by atoms with Gasteiger partial charge in [-0.15, -0.1) is 0 Å². The van der Waals surface area contributed by atoms with Gasteiger partial charge in [0, 0.05) is 37.6 Å². The Kier molecular flexibility index (Phi) is 4.67. The Morgan fingerprint density at radius 2 is 1.73 bits per heavy atom. The molecule has 8 heteroatoms. The van der Waals surface area contributed by atoms with Crippen LogP contribution in [0.15, 0.2) is 6.07 Å². The van der Waals surface area contributed by atoms with Crippen LogP contribution in [0.25, 0.3) is 11.3 Å². The maximum Gasteiger partial charge on any atom is 0.269 e. The summed E-state index contributed by atoms with van der Waals surface area (Å²) >= 11 is 0. The molecule has 0 bridgehead atoms. The summed E-state index contributed by atoms with van der Waals surface area (Å²) in [5.41, 5.74) is 7.37. The maximum absolute atomic E-state index is 12.4. The number of aryl methyl sites for hydroxylation is 4. The van der Waals surface area contributed by atoms with Crippen LogP contribution >= 0.6 is 0 Å². The van der Waals surface area contributed by atoms with Gasteiger partial charge in [0.15, 0.2) is 0 Å². The molecule has 0 saturated heterocycles. The van der Waals surface area contributed by atoms with E-state index < -0.39 is 0 Å². The van der Waals surface area contributed by atoms with E-state index in [2.05, 4.69) is 25.7 Å². The topological polar surface area (TPSA) is 93.4 Å². The molecule has 1 amide bonds. The van der Waals surface area contributed by atoms with Gasteiger partial charge >= 0.3 is 0 Å². The van der Waals surface area contributed by atoms with Crippen LogP contribution in [0.2, 0.25) is 0 Å². The summed E-state index contributed by atoms with van der Waals surface area (Å²) in [7, 11) is 3.83. The molecule has 0 radical (unpaired) electrons. The van der Waals surface area contributed by atoms with Crippen molar-refractivity contribution in [1.29, 1.82) is 0 Å². The third kappa shape index (κ3) is 3.14. The van der Waals surface area contributed by atoms with Crippen molar-refractivity contribution >= 4 is 5.91 Å². The SMILES string of the molecule is Cc1nn(C)c(C)c1CCNC(=O)c1cc(-c2c(C)nn(C)c2C)n[nH]1. The lowest BCUT2D eigenvalue weighted by Crippen LogP contribution is -2.26. The van der Waals surface area contributed by atoms with Crippen LogP contribution in [0.1, 0.15) is 38.8 Å². The largest absolute Gasteiger partial charge is 0.350 e. The van der Waals surface area contributed by atoms with Gasteiger partial charge in [0.1, 0.15) is 5.69 Å². The zero-order valence-corrected chi connectivity index (χ0v) is 16.1. The Hall–Kier alpha value is -2.90. The summed E-state index contributed by atoms with van der Waals surface area (Å²) in [5.74, 6) is -0.165. The summed E-state index contributed by atoms with van der Waals surface area (Å²) in [6, 6.07) is 1.77. The number of amides is 1. The van der Waals surface area contributed by atoms with Crippen LogP contribution in [0.3, 0.4) is 0 Å². The van der Waals surface area contributed by atoms with Gasteiger partial charge in [-0.25, -0.2) is 0 Å². The average molecular weight is 355 g/mol. The quantitative estimate of drug-likeness (QED) is 0.729. The van der Waals surface area contributed by atoms with Crippen LogP contribution in [0, 0.1) is 27.7 Å². The molecule has 0 aliphatic heterocycles. The fourth-order valence-electron chi connectivity index (χ4n) is 3.29. The van der Waals surface area contributed by atoms with Gasteiger partial charge in [-0.05, 0) is 45.7 Å². The first-order valence-electron chi connectivity index (χ1n) is 8.62. The van der Waals surface area contributed by atoms with Gasteiger partial charge < -0.3 is 5.32 Å². The Morgan fingerprint density at radius 1 is 1.08 bits per heavy atom. The molecule has 0 aliphatic rings. The monoisotopic (exact) mass is 355 g/mol. The molecule has 0 fully saturated rings. The summed E-state index contributed by atoms with van der Waals surface area (Å²) in [5, 5.41) is 18.9. The maximum atomic E-state index is 12.4. The molecule has 0 atom stereocenters. The van der Waals surface area contributed by atoms with Crippen molar-refractivity contribution in [1.82, 2.24) is 35.1 Å². The fourth-order valence-corrected chi connectivity index (χ4v) is 3.29. The molecule has 3 aromatic heterocycles. The Labute approximate surface area is 152 Å². The van der Waals surface area contributed by atoms with Crippen molar-refractivity contribution < 1.29 is 4.79 Å². The normalized spacial score (nSPS) is 11.2. The lowest BCUT2D eigenvalue weighted by molar-refractivity contribution is 0.0949. The summed E-state index contributed by atoms with van der Waals surface area (Å²) in [6.07, 6.45) is 0.749. The van der Waals surface area contributed by atoms with Gasteiger partial charge in [0.2, 0.25) is 0 Å². The fraction of sp³-hybridized carbons (Fsp3) is 0.444. The zero-order chi connectivity index (χ0) is 19.0. The van der Waals surface area contributed by atoms with E-state index in [-0.39, 0.29) is 5.91 Å². The van der Waals surface area contributed by atoms with E-state index in [1.165, 1.54) is 5.56 Å². The zero-order valence-electron chi connectivity index (χ0n) is 16.1. The summed E-state index contributed by atoms with van der Waals surface area (Å²) in [4.78, 5) is 12.4. The molecular weight excluding hydrogens is 330 g/mol. The number of carbonyl (C=O) groups excluding carboxylic acids is 1. The molecule has 0 aliphatic carbocycles. The van der Waals surface area contributed by atoms with E-state index in [0.717, 1.165) is 40.5 Å². The second-order valence-electron chi connectivity index (χ2n) is 6.62. The first-order valence-corrected chi connectivity index (χ1v) is 8.62. The van der Waals surface area contributed by atoms with Crippen LogP contribution in [0.4, 0.5) is 0 Å². The van der Waals surface area contributed by atoms with Gasteiger partial charge in [-0.1, -0.05) is 0 Å². The van der Waals surface area contributed by atoms with Gasteiger partial charge in [-0.2, -0.15) is 15.3 Å². The van der Waals surface area contributed by atoms with E-state index >= 15 is 0 Å². The van der Waals surface area contributed by atoms with Crippen molar-refractivity contribution in [2.45, 2.75) is 34.1 Å². The molecule has 8 nitrogen and oxygen atoms in total. The number of nitrogens with one attached hydrogen (secondary N) is 2. The van der Waals surface area contributed by atoms with Crippen molar-refractivity contribution in [3.63, 3.8) is 0 Å². The van der Waals surface area contributed by atoms with E-state index in [0.29, 0.717) is 12.2 Å². The molecule has 0 aromatic carbocycles. The minimum absolute atomic E-state index is 0.165. The predicted octanol–water partition coefficient (Wildman–Crippen LogP) is 1.75. The number of hydrogen-bond donors (Lipinski definition) is 2. The van der Waals surface area contributed by atoms with E-state index in [1.54, 1.807) is 6.07 Å². The number of hydrogen-bond acceptors (Lipinski definition) is 4. The lowest BCUT2D eigenvalue weighted by atomic mass is 10.1. The van der Waals surface area contributed by atoms with E-state index in [9.17, 15) is 4.79 Å². The molecule has 3 aromatic rings. The molecule has 0 spiro atoms. The first kappa shape index (κ1) is 17.9. The number of nitrogens with zero attached hydrogens (tertiary/aromatic N) is 5. The van der Waals surface area contributed by atoms with E-state index in [1.807, 2.05) is 51.2 Å². The van der Waals surface area contributed by atoms with Crippen molar-refractivity contribution in [3.8, 4) is 11.3 Å². The Morgan fingerprint density at radius 3 is 2.31 bits per heavy atom. The number of aromatic nitrogens is 6. The van der Waals surface area contributed by atoms with Crippen LogP contribution < -0.4 is 5.32 Å².